The van der Waals surface area contributed by atoms with Crippen LogP contribution in [0.15, 0.2) is 48.5 Å². The molecule has 39 heavy (non-hydrogen) atoms. The van der Waals surface area contributed by atoms with Crippen molar-refractivity contribution in [2.45, 2.75) is 32.5 Å². The molecule has 3 aromatic rings. The Bertz CT molecular complexity index is 1300. The van der Waals surface area contributed by atoms with Crippen molar-refractivity contribution >= 4 is 52.0 Å². The summed E-state index contributed by atoms with van der Waals surface area (Å²) in [6.45, 7) is 1.42. The molecule has 0 atom stereocenters. The number of aryl methyl sites for hydroxylation is 2. The van der Waals surface area contributed by atoms with E-state index in [1.165, 1.54) is 25.4 Å². The standard InChI is InChI=1S/C25H28N6O7S/c1-14(32)26-22-29-19(20(39-22)13-16-5-10-18(11-6-16)28-25(37)38-2)12-7-15-3-8-17(9-4-15)27-21(30-23(33)34)31-24(35)36/h3-6,8-11,21,27,30-31H,7,12-13H2,1-2H3,(H,28,37)(H,33,34)(H,35,36)(H,26,29,32)/p-2. The van der Waals surface area contributed by atoms with Crippen molar-refractivity contribution in [1.29, 1.82) is 0 Å². The van der Waals surface area contributed by atoms with Crippen molar-refractivity contribution in [2.24, 2.45) is 0 Å². The minimum atomic E-state index is -1.66. The largest absolute Gasteiger partial charge is 0.530 e. The van der Waals surface area contributed by atoms with Gasteiger partial charge in [0.15, 0.2) is 11.4 Å². The molecule has 5 N–H and O–H groups in total. The molecule has 0 saturated carbocycles. The van der Waals surface area contributed by atoms with Gasteiger partial charge in [0.1, 0.15) is 12.2 Å². The Morgan fingerprint density at radius 1 is 0.872 bits per heavy atom. The molecule has 0 aliphatic rings. The lowest BCUT2D eigenvalue weighted by molar-refractivity contribution is -0.255. The second-order valence-electron chi connectivity index (χ2n) is 8.20. The Labute approximate surface area is 227 Å². The summed E-state index contributed by atoms with van der Waals surface area (Å²) in [6, 6.07) is 14.3. The predicted molar refractivity (Wildman–Crippen MR) is 140 cm³/mol. The van der Waals surface area contributed by atoms with Crippen LogP contribution in [-0.2, 0) is 28.8 Å². The van der Waals surface area contributed by atoms with Crippen LogP contribution in [0.25, 0.3) is 0 Å². The number of rotatable bonds is 11. The van der Waals surface area contributed by atoms with Gasteiger partial charge in [-0.1, -0.05) is 24.3 Å². The zero-order valence-electron chi connectivity index (χ0n) is 21.0. The minimum Gasteiger partial charge on any atom is -0.530 e. The maximum absolute atomic E-state index is 11.6. The molecule has 1 heterocycles. The fraction of sp³-hybridized carbons (Fsp3) is 0.240. The lowest BCUT2D eigenvalue weighted by Crippen LogP contribution is -2.58. The molecular weight excluding hydrogens is 528 g/mol. The van der Waals surface area contributed by atoms with E-state index in [-0.39, 0.29) is 5.91 Å². The molecule has 0 fully saturated rings. The Balaban J connectivity index is 1.68. The van der Waals surface area contributed by atoms with Crippen LogP contribution >= 0.6 is 11.3 Å². The molecule has 2 aromatic carbocycles. The van der Waals surface area contributed by atoms with Crippen LogP contribution in [0.1, 0.15) is 28.6 Å². The SMILES string of the molecule is COC(=O)Nc1ccc(Cc2sc(NC(C)=O)nc2CCc2ccc(NC(NC(=O)[O-])NC(=O)[O-])cc2)cc1. The molecule has 3 rings (SSSR count). The second kappa shape index (κ2) is 13.6. The van der Waals surface area contributed by atoms with E-state index >= 15 is 0 Å². The maximum Gasteiger partial charge on any atom is 0.411 e. The summed E-state index contributed by atoms with van der Waals surface area (Å²) in [4.78, 5) is 50.1. The monoisotopic (exact) mass is 554 g/mol. The quantitative estimate of drug-likeness (QED) is 0.216. The van der Waals surface area contributed by atoms with Crippen LogP contribution in [-0.4, -0.2) is 42.6 Å². The summed E-state index contributed by atoms with van der Waals surface area (Å²) in [6.07, 6.45) is -3.45. The van der Waals surface area contributed by atoms with Gasteiger partial charge in [0.2, 0.25) is 5.91 Å². The third kappa shape index (κ3) is 9.51. The van der Waals surface area contributed by atoms with Crippen molar-refractivity contribution in [3.05, 3.63) is 70.2 Å². The molecule has 0 saturated heterocycles. The van der Waals surface area contributed by atoms with E-state index in [1.807, 2.05) is 34.9 Å². The summed E-state index contributed by atoms with van der Waals surface area (Å²) >= 11 is 1.39. The van der Waals surface area contributed by atoms with E-state index in [2.05, 4.69) is 25.7 Å². The van der Waals surface area contributed by atoms with Crippen LogP contribution in [0.2, 0.25) is 0 Å². The number of nitrogens with zero attached hydrogens (tertiary/aromatic N) is 1. The minimum absolute atomic E-state index is 0.220. The summed E-state index contributed by atoms with van der Waals surface area (Å²) in [5.74, 6) is -0.220. The number of carbonyl (C=O) groups excluding carboxylic acids is 4. The van der Waals surface area contributed by atoms with Crippen molar-refractivity contribution in [3.8, 4) is 0 Å². The van der Waals surface area contributed by atoms with Crippen LogP contribution < -0.4 is 36.8 Å². The van der Waals surface area contributed by atoms with Gasteiger partial charge in [0, 0.05) is 29.6 Å². The van der Waals surface area contributed by atoms with E-state index < -0.39 is 24.6 Å². The molecule has 0 spiro atoms. The topological polar surface area (TPSA) is 197 Å². The lowest BCUT2D eigenvalue weighted by Gasteiger charge is -2.24. The van der Waals surface area contributed by atoms with Crippen molar-refractivity contribution < 1.29 is 34.1 Å². The first-order chi connectivity index (χ1) is 18.6. The van der Waals surface area contributed by atoms with E-state index in [0.717, 1.165) is 21.7 Å². The zero-order valence-corrected chi connectivity index (χ0v) is 21.8. The van der Waals surface area contributed by atoms with Gasteiger partial charge in [-0.25, -0.2) is 9.78 Å². The first kappa shape index (κ1) is 28.7. The molecule has 0 aliphatic heterocycles. The average molecular weight is 555 g/mol. The van der Waals surface area contributed by atoms with Crippen molar-refractivity contribution in [3.63, 3.8) is 0 Å². The van der Waals surface area contributed by atoms with Gasteiger partial charge in [-0.2, -0.15) is 0 Å². The Kier molecular flexibility index (Phi) is 10.0. The summed E-state index contributed by atoms with van der Waals surface area (Å²) in [5, 5.41) is 33.8. The highest BCUT2D eigenvalue weighted by Gasteiger charge is 2.14. The first-order valence-electron chi connectivity index (χ1n) is 11.6. The smallest absolute Gasteiger partial charge is 0.411 e. The molecular formula is C25H26N6O7S-2. The number of hydrogen-bond donors (Lipinski definition) is 5. The number of amides is 4. The first-order valence-corrected chi connectivity index (χ1v) is 12.4. The predicted octanol–water partition coefficient (Wildman–Crippen LogP) is 1.22. The van der Waals surface area contributed by atoms with Crippen molar-refractivity contribution in [1.82, 2.24) is 15.6 Å². The van der Waals surface area contributed by atoms with Crippen molar-refractivity contribution in [2.75, 3.05) is 23.1 Å². The number of anilines is 3. The van der Waals surface area contributed by atoms with E-state index in [9.17, 15) is 29.4 Å². The maximum atomic E-state index is 11.6. The zero-order chi connectivity index (χ0) is 28.4. The fourth-order valence-electron chi connectivity index (χ4n) is 3.52. The average Bonchev–Trinajstić information content (AvgIpc) is 3.23. The van der Waals surface area contributed by atoms with Gasteiger partial charge in [-0.15, -0.1) is 11.3 Å². The van der Waals surface area contributed by atoms with Crippen LogP contribution in [0, 0.1) is 0 Å². The van der Waals surface area contributed by atoms with Gasteiger partial charge in [-0.05, 0) is 48.2 Å². The summed E-state index contributed by atoms with van der Waals surface area (Å²) in [7, 11) is 1.29. The van der Waals surface area contributed by atoms with E-state index in [1.54, 1.807) is 24.3 Å². The molecule has 14 heteroatoms. The second-order valence-corrected chi connectivity index (χ2v) is 9.28. The third-order valence-electron chi connectivity index (χ3n) is 5.25. The molecule has 0 radical (unpaired) electrons. The molecule has 13 nitrogen and oxygen atoms in total. The van der Waals surface area contributed by atoms with Crippen LogP contribution in [0.3, 0.4) is 0 Å². The van der Waals surface area contributed by atoms with Gasteiger partial charge >= 0.3 is 6.09 Å². The number of hydrogen-bond acceptors (Lipinski definition) is 10. The fourth-order valence-corrected chi connectivity index (χ4v) is 4.61. The molecule has 1 aromatic heterocycles. The molecule has 0 bridgehead atoms. The number of thiazole rings is 1. The number of methoxy groups -OCH3 is 1. The highest BCUT2D eigenvalue weighted by Crippen LogP contribution is 2.27. The number of carbonyl (C=O) groups is 4. The number of benzene rings is 2. The number of aromatic nitrogens is 1. The lowest BCUT2D eigenvalue weighted by atomic mass is 10.0. The highest BCUT2D eigenvalue weighted by atomic mass is 32.1. The van der Waals surface area contributed by atoms with Gasteiger partial charge in [0.05, 0.1) is 12.8 Å². The molecule has 0 aliphatic carbocycles. The van der Waals surface area contributed by atoms with Gasteiger partial charge in [-0.3, -0.25) is 10.1 Å². The summed E-state index contributed by atoms with van der Waals surface area (Å²) in [5.41, 5.74) is 3.84. The van der Waals surface area contributed by atoms with E-state index in [4.69, 9.17) is 0 Å². The summed E-state index contributed by atoms with van der Waals surface area (Å²) < 4.78 is 4.60. The third-order valence-corrected chi connectivity index (χ3v) is 6.26. The Morgan fingerprint density at radius 2 is 1.46 bits per heavy atom. The van der Waals surface area contributed by atoms with Gasteiger partial charge < -0.3 is 45.8 Å². The Hall–Kier alpha value is -4.85. The van der Waals surface area contributed by atoms with Crippen LogP contribution in [0.5, 0.6) is 0 Å². The molecule has 206 valence electrons. The van der Waals surface area contributed by atoms with E-state index in [0.29, 0.717) is 35.8 Å². The van der Waals surface area contributed by atoms with Crippen LogP contribution in [0.4, 0.5) is 30.9 Å². The number of ether oxygens (including phenoxy) is 1. The Morgan fingerprint density at radius 3 is 2.03 bits per heavy atom. The van der Waals surface area contributed by atoms with Gasteiger partial charge in [0.25, 0.3) is 0 Å². The number of carboxylic acid groups (broad SMARTS) is 2. The normalized spacial score (nSPS) is 10.4. The molecule has 0 unspecified atom stereocenters. The highest BCUT2D eigenvalue weighted by molar-refractivity contribution is 7.15. The number of nitrogens with one attached hydrogen (secondary N) is 5. The molecule has 4 amide bonds.